The van der Waals surface area contributed by atoms with Crippen LogP contribution in [-0.2, 0) is 15.5 Å². The molecule has 0 fully saturated rings. The van der Waals surface area contributed by atoms with Crippen molar-refractivity contribution in [3.63, 3.8) is 0 Å². The monoisotopic (exact) mass is 412 g/mol. The molecule has 26 heavy (non-hydrogen) atoms. The van der Waals surface area contributed by atoms with Crippen molar-refractivity contribution < 1.29 is 22.6 Å². The molecule has 0 bridgehead atoms. The number of thiophene rings is 1. The molecule has 1 heterocycles. The average Bonchev–Trinajstić information content (AvgIpc) is 2.98. The minimum absolute atomic E-state index is 0.161. The van der Waals surface area contributed by atoms with Crippen LogP contribution in [-0.4, -0.2) is 29.7 Å². The molecule has 138 valence electrons. The highest BCUT2D eigenvalue weighted by Gasteiger charge is 2.23. The van der Waals surface area contributed by atoms with Crippen LogP contribution in [0.4, 0.5) is 0 Å². The fraction of sp³-hybridized carbons (Fsp3) is 0.222. The lowest BCUT2D eigenvalue weighted by atomic mass is 10.1. The molecular formula is C18H17ClO5S2. The Morgan fingerprint density at radius 3 is 2.15 bits per heavy atom. The maximum absolute atomic E-state index is 12.2. The van der Waals surface area contributed by atoms with E-state index < -0.39 is 9.05 Å². The molecular weight excluding hydrogens is 396 g/mol. The van der Waals surface area contributed by atoms with Crippen molar-refractivity contribution >= 4 is 41.2 Å². The van der Waals surface area contributed by atoms with Gasteiger partial charge in [0.25, 0.3) is 9.05 Å². The first-order chi connectivity index (χ1) is 12.4. The van der Waals surface area contributed by atoms with Crippen molar-refractivity contribution in [2.24, 2.45) is 0 Å². The van der Waals surface area contributed by atoms with Gasteiger partial charge in [-0.1, -0.05) is 18.2 Å². The Bertz CT molecular complexity index is 1030. The zero-order valence-corrected chi connectivity index (χ0v) is 16.8. The maximum Gasteiger partial charge on any atom is 0.263 e. The number of fused-ring (bicyclic) bond motifs is 1. The third-order valence-electron chi connectivity index (χ3n) is 3.95. The molecule has 0 N–H and O–H groups in total. The Morgan fingerprint density at radius 1 is 1.00 bits per heavy atom. The van der Waals surface area contributed by atoms with Crippen LogP contribution in [0.15, 0.2) is 41.3 Å². The summed E-state index contributed by atoms with van der Waals surface area (Å²) < 4.78 is 41.3. The van der Waals surface area contributed by atoms with Crippen molar-refractivity contribution in [3.8, 4) is 17.2 Å². The topological polar surface area (TPSA) is 61.8 Å². The summed E-state index contributed by atoms with van der Waals surface area (Å²) in [6.45, 7) is 0. The van der Waals surface area contributed by atoms with Crippen LogP contribution < -0.4 is 14.2 Å². The number of ether oxygens (including phenoxy) is 3. The van der Waals surface area contributed by atoms with E-state index in [-0.39, 0.29) is 4.90 Å². The van der Waals surface area contributed by atoms with E-state index in [1.165, 1.54) is 32.7 Å². The van der Waals surface area contributed by atoms with Gasteiger partial charge in [-0.15, -0.1) is 11.3 Å². The Morgan fingerprint density at radius 2 is 1.62 bits per heavy atom. The van der Waals surface area contributed by atoms with E-state index in [9.17, 15) is 8.42 Å². The summed E-state index contributed by atoms with van der Waals surface area (Å²) in [6.07, 6.45) is 0.372. The third-order valence-corrected chi connectivity index (χ3v) is 6.67. The summed E-state index contributed by atoms with van der Waals surface area (Å²) in [4.78, 5) is 0.823. The first-order valence-electron chi connectivity index (χ1n) is 7.63. The summed E-state index contributed by atoms with van der Waals surface area (Å²) in [6, 6.07) is 10.9. The van der Waals surface area contributed by atoms with E-state index >= 15 is 0 Å². The van der Waals surface area contributed by atoms with Crippen molar-refractivity contribution in [2.45, 2.75) is 11.3 Å². The molecule has 0 amide bonds. The standard InChI is InChI=1S/C18H17ClO5S2/c1-22-13-8-11(9-14(23-2)17(13)24-3)10-16-18(26(19,20)21)12-6-4-5-7-15(12)25-16/h4-9H,10H2,1-3H3. The Hall–Kier alpha value is -1.96. The lowest BCUT2D eigenvalue weighted by molar-refractivity contribution is 0.324. The Balaban J connectivity index is 2.15. The molecule has 0 unspecified atom stereocenters. The molecule has 0 aliphatic rings. The van der Waals surface area contributed by atoms with Crippen molar-refractivity contribution in [1.29, 1.82) is 0 Å². The van der Waals surface area contributed by atoms with E-state index in [1.54, 1.807) is 24.3 Å². The molecule has 0 aliphatic carbocycles. The van der Waals surface area contributed by atoms with Crippen LogP contribution in [0.3, 0.4) is 0 Å². The minimum Gasteiger partial charge on any atom is -0.493 e. The molecule has 0 spiro atoms. The van der Waals surface area contributed by atoms with Crippen LogP contribution >= 0.6 is 22.0 Å². The fourth-order valence-corrected chi connectivity index (χ4v) is 5.98. The Labute approximate surface area is 160 Å². The van der Waals surface area contributed by atoms with Gasteiger partial charge in [-0.2, -0.15) is 0 Å². The van der Waals surface area contributed by atoms with Crippen molar-refractivity contribution in [3.05, 3.63) is 46.8 Å². The van der Waals surface area contributed by atoms with E-state index in [0.717, 1.165) is 10.3 Å². The molecule has 0 radical (unpaired) electrons. The third kappa shape index (κ3) is 3.47. The summed E-state index contributed by atoms with van der Waals surface area (Å²) in [5.74, 6) is 1.51. The number of hydrogen-bond acceptors (Lipinski definition) is 6. The molecule has 3 aromatic rings. The second kappa shape index (κ2) is 7.34. The SMILES string of the molecule is COc1cc(Cc2sc3ccccc3c2S(=O)(=O)Cl)cc(OC)c1OC. The quantitative estimate of drug-likeness (QED) is 0.560. The maximum atomic E-state index is 12.2. The van der Waals surface area contributed by atoms with Gasteiger partial charge in [-0.3, -0.25) is 0 Å². The number of halogens is 1. The number of hydrogen-bond donors (Lipinski definition) is 0. The molecule has 0 saturated heterocycles. The fourth-order valence-electron chi connectivity index (χ4n) is 2.88. The van der Waals surface area contributed by atoms with Gasteiger partial charge < -0.3 is 14.2 Å². The van der Waals surface area contributed by atoms with Crippen molar-refractivity contribution in [2.75, 3.05) is 21.3 Å². The predicted molar refractivity (Wildman–Crippen MR) is 104 cm³/mol. The zero-order valence-electron chi connectivity index (χ0n) is 14.4. The summed E-state index contributed by atoms with van der Waals surface area (Å²) >= 11 is 1.41. The van der Waals surface area contributed by atoms with Crippen LogP contribution in [0.2, 0.25) is 0 Å². The predicted octanol–water partition coefficient (Wildman–Crippen LogP) is 4.45. The number of benzene rings is 2. The van der Waals surface area contributed by atoms with Gasteiger partial charge in [-0.25, -0.2) is 8.42 Å². The van der Waals surface area contributed by atoms with Gasteiger partial charge in [-0.05, 0) is 23.8 Å². The molecule has 1 aromatic heterocycles. The highest BCUT2D eigenvalue weighted by Crippen LogP contribution is 2.41. The molecule has 0 saturated carbocycles. The average molecular weight is 413 g/mol. The van der Waals surface area contributed by atoms with E-state index in [4.69, 9.17) is 24.9 Å². The van der Waals surface area contributed by atoms with E-state index in [2.05, 4.69) is 0 Å². The van der Waals surface area contributed by atoms with Gasteiger partial charge in [0.2, 0.25) is 5.75 Å². The number of methoxy groups -OCH3 is 3. The summed E-state index contributed by atoms with van der Waals surface area (Å²) in [7, 11) is 6.44. The van der Waals surface area contributed by atoms with Crippen molar-refractivity contribution in [1.82, 2.24) is 0 Å². The first-order valence-corrected chi connectivity index (χ1v) is 10.8. The van der Waals surface area contributed by atoms with Crippen LogP contribution in [0.5, 0.6) is 17.2 Å². The lowest BCUT2D eigenvalue weighted by Gasteiger charge is -2.14. The molecule has 0 aliphatic heterocycles. The minimum atomic E-state index is -3.89. The Kier molecular flexibility index (Phi) is 5.32. The van der Waals surface area contributed by atoms with Gasteiger partial charge in [0.1, 0.15) is 4.90 Å². The van der Waals surface area contributed by atoms with Gasteiger partial charge in [0, 0.05) is 32.1 Å². The van der Waals surface area contributed by atoms with E-state index in [0.29, 0.717) is 33.9 Å². The van der Waals surface area contributed by atoms with Gasteiger partial charge >= 0.3 is 0 Å². The molecule has 3 rings (SSSR count). The summed E-state index contributed by atoms with van der Waals surface area (Å²) in [5.41, 5.74) is 0.827. The highest BCUT2D eigenvalue weighted by atomic mass is 35.7. The van der Waals surface area contributed by atoms with E-state index in [1.807, 2.05) is 12.1 Å². The smallest absolute Gasteiger partial charge is 0.263 e. The van der Waals surface area contributed by atoms with Gasteiger partial charge in [0.15, 0.2) is 11.5 Å². The normalized spacial score (nSPS) is 11.5. The van der Waals surface area contributed by atoms with Crippen LogP contribution in [0, 0.1) is 0 Å². The second-order valence-corrected chi connectivity index (χ2v) is 9.14. The number of rotatable bonds is 6. The molecule has 2 aromatic carbocycles. The molecule has 8 heteroatoms. The summed E-state index contributed by atoms with van der Waals surface area (Å²) in [5, 5.41) is 0.634. The van der Waals surface area contributed by atoms with Gasteiger partial charge in [0.05, 0.1) is 21.3 Å². The zero-order chi connectivity index (χ0) is 18.9. The highest BCUT2D eigenvalue weighted by molar-refractivity contribution is 8.14. The van der Waals surface area contributed by atoms with Crippen LogP contribution in [0.1, 0.15) is 10.4 Å². The van der Waals surface area contributed by atoms with Crippen LogP contribution in [0.25, 0.3) is 10.1 Å². The molecule has 5 nitrogen and oxygen atoms in total. The molecule has 0 atom stereocenters. The second-order valence-electron chi connectivity index (χ2n) is 5.50. The lowest BCUT2D eigenvalue weighted by Crippen LogP contribution is -1.99. The largest absolute Gasteiger partial charge is 0.493 e. The first kappa shape index (κ1) is 18.8.